The van der Waals surface area contributed by atoms with E-state index in [0.717, 1.165) is 25.9 Å². The molecule has 1 heterocycles. The Balaban J connectivity index is 1.81. The van der Waals surface area contributed by atoms with E-state index in [4.69, 9.17) is 10.00 Å². The molecular weight excluding hydrogens is 228 g/mol. The van der Waals surface area contributed by atoms with Crippen LogP contribution in [0, 0.1) is 11.3 Å². The van der Waals surface area contributed by atoms with Crippen molar-refractivity contribution in [1.29, 1.82) is 5.26 Å². The summed E-state index contributed by atoms with van der Waals surface area (Å²) < 4.78 is 5.48. The molecule has 1 unspecified atom stereocenters. The lowest BCUT2D eigenvalue weighted by Crippen LogP contribution is -2.27. The van der Waals surface area contributed by atoms with Gasteiger partial charge in [0.1, 0.15) is 0 Å². The van der Waals surface area contributed by atoms with Crippen LogP contribution in [-0.2, 0) is 4.74 Å². The van der Waals surface area contributed by atoms with E-state index in [9.17, 15) is 4.79 Å². The summed E-state index contributed by atoms with van der Waals surface area (Å²) in [5.41, 5.74) is 1.03. The minimum Gasteiger partial charge on any atom is -0.378 e. The number of benzene rings is 1. The molecule has 0 bridgehead atoms. The van der Waals surface area contributed by atoms with Crippen LogP contribution in [-0.4, -0.2) is 25.2 Å². The van der Waals surface area contributed by atoms with Gasteiger partial charge in [-0.05, 0) is 37.5 Å². The highest BCUT2D eigenvalue weighted by Crippen LogP contribution is 2.14. The Kier molecular flexibility index (Phi) is 4.32. The number of amides is 1. The van der Waals surface area contributed by atoms with Gasteiger partial charge < -0.3 is 10.1 Å². The van der Waals surface area contributed by atoms with Crippen molar-refractivity contribution in [3.8, 4) is 6.07 Å². The first-order valence-corrected chi connectivity index (χ1v) is 6.19. The zero-order valence-electron chi connectivity index (χ0n) is 10.2. The van der Waals surface area contributed by atoms with Crippen molar-refractivity contribution in [2.75, 3.05) is 13.2 Å². The number of nitriles is 1. The molecule has 0 aromatic heterocycles. The van der Waals surface area contributed by atoms with Gasteiger partial charge >= 0.3 is 0 Å². The molecular formula is C14H16N2O2. The second-order valence-electron chi connectivity index (χ2n) is 4.37. The summed E-state index contributed by atoms with van der Waals surface area (Å²) in [6.07, 6.45) is 3.34. The Morgan fingerprint density at radius 2 is 2.44 bits per heavy atom. The molecule has 1 saturated heterocycles. The van der Waals surface area contributed by atoms with Crippen molar-refractivity contribution in [2.45, 2.75) is 25.4 Å². The normalized spacial score (nSPS) is 18.3. The first-order valence-electron chi connectivity index (χ1n) is 6.19. The molecule has 0 radical (unpaired) electrons. The van der Waals surface area contributed by atoms with Crippen molar-refractivity contribution in [2.24, 2.45) is 0 Å². The third-order valence-electron chi connectivity index (χ3n) is 3.03. The maximum atomic E-state index is 11.8. The Morgan fingerprint density at radius 1 is 1.56 bits per heavy atom. The van der Waals surface area contributed by atoms with Gasteiger partial charge in [-0.15, -0.1) is 0 Å². The lowest BCUT2D eigenvalue weighted by molar-refractivity contribution is 0.0907. The molecule has 1 aliphatic heterocycles. The van der Waals surface area contributed by atoms with Gasteiger partial charge in [0.25, 0.3) is 5.91 Å². The van der Waals surface area contributed by atoms with Crippen LogP contribution in [0.1, 0.15) is 35.2 Å². The van der Waals surface area contributed by atoms with Crippen LogP contribution in [0.4, 0.5) is 0 Å². The fraction of sp³-hybridized carbons (Fsp3) is 0.429. The van der Waals surface area contributed by atoms with Crippen molar-refractivity contribution >= 4 is 5.91 Å². The van der Waals surface area contributed by atoms with Gasteiger partial charge in [0, 0.05) is 18.7 Å². The number of carbonyl (C=O) groups is 1. The standard InChI is InChI=1S/C14H16N2O2/c15-10-11-3-1-4-12(9-11)14(17)16-7-6-13-5-2-8-18-13/h1,3-4,9,13H,2,5-8H2,(H,16,17). The van der Waals surface area contributed by atoms with Crippen molar-refractivity contribution in [1.82, 2.24) is 5.32 Å². The van der Waals surface area contributed by atoms with Crippen LogP contribution in [0.3, 0.4) is 0 Å². The van der Waals surface area contributed by atoms with Crippen LogP contribution < -0.4 is 5.32 Å². The zero-order valence-corrected chi connectivity index (χ0v) is 10.2. The molecule has 0 saturated carbocycles. The number of nitrogens with zero attached hydrogens (tertiary/aromatic N) is 1. The Morgan fingerprint density at radius 3 is 3.17 bits per heavy atom. The van der Waals surface area contributed by atoms with E-state index in [1.54, 1.807) is 24.3 Å². The van der Waals surface area contributed by atoms with E-state index in [1.807, 2.05) is 6.07 Å². The van der Waals surface area contributed by atoms with Gasteiger partial charge in [-0.2, -0.15) is 5.26 Å². The smallest absolute Gasteiger partial charge is 0.251 e. The summed E-state index contributed by atoms with van der Waals surface area (Å²) >= 11 is 0. The number of hydrogen-bond acceptors (Lipinski definition) is 3. The summed E-state index contributed by atoms with van der Waals surface area (Å²) in [7, 11) is 0. The zero-order chi connectivity index (χ0) is 12.8. The number of nitrogens with one attached hydrogen (secondary N) is 1. The molecule has 1 N–H and O–H groups in total. The van der Waals surface area contributed by atoms with Gasteiger partial charge in [0.15, 0.2) is 0 Å². The SMILES string of the molecule is N#Cc1cccc(C(=O)NCCC2CCCO2)c1. The summed E-state index contributed by atoms with van der Waals surface area (Å²) in [6, 6.07) is 8.73. The third kappa shape index (κ3) is 3.31. The summed E-state index contributed by atoms with van der Waals surface area (Å²) in [4.78, 5) is 11.8. The number of ether oxygens (including phenoxy) is 1. The molecule has 4 heteroatoms. The predicted octanol–water partition coefficient (Wildman–Crippen LogP) is 1.86. The van der Waals surface area contributed by atoms with E-state index < -0.39 is 0 Å². The second kappa shape index (κ2) is 6.18. The third-order valence-corrected chi connectivity index (χ3v) is 3.03. The van der Waals surface area contributed by atoms with Crippen LogP contribution in [0.2, 0.25) is 0 Å². The first kappa shape index (κ1) is 12.6. The molecule has 18 heavy (non-hydrogen) atoms. The van der Waals surface area contributed by atoms with Crippen molar-refractivity contribution in [3.05, 3.63) is 35.4 Å². The lowest BCUT2D eigenvalue weighted by Gasteiger charge is -2.10. The van der Waals surface area contributed by atoms with E-state index in [0.29, 0.717) is 17.7 Å². The van der Waals surface area contributed by atoms with E-state index in [-0.39, 0.29) is 12.0 Å². The van der Waals surface area contributed by atoms with Crippen LogP contribution >= 0.6 is 0 Å². The fourth-order valence-electron chi connectivity index (χ4n) is 2.05. The second-order valence-corrected chi connectivity index (χ2v) is 4.37. The molecule has 1 amide bonds. The molecule has 2 rings (SSSR count). The number of rotatable bonds is 4. The highest BCUT2D eigenvalue weighted by molar-refractivity contribution is 5.94. The summed E-state index contributed by atoms with van der Waals surface area (Å²) in [5, 5.41) is 11.6. The number of hydrogen-bond donors (Lipinski definition) is 1. The lowest BCUT2D eigenvalue weighted by atomic mass is 10.1. The van der Waals surface area contributed by atoms with Crippen LogP contribution in [0.15, 0.2) is 24.3 Å². The predicted molar refractivity (Wildman–Crippen MR) is 67.1 cm³/mol. The van der Waals surface area contributed by atoms with Gasteiger partial charge in [-0.1, -0.05) is 6.07 Å². The van der Waals surface area contributed by atoms with Crippen molar-refractivity contribution < 1.29 is 9.53 Å². The summed E-state index contributed by atoms with van der Waals surface area (Å²) in [5.74, 6) is -0.134. The number of carbonyl (C=O) groups excluding carboxylic acids is 1. The molecule has 94 valence electrons. The molecule has 4 nitrogen and oxygen atoms in total. The first-order chi connectivity index (χ1) is 8.79. The van der Waals surface area contributed by atoms with Crippen LogP contribution in [0.5, 0.6) is 0 Å². The molecule has 1 aromatic rings. The Labute approximate surface area is 107 Å². The fourth-order valence-corrected chi connectivity index (χ4v) is 2.05. The van der Waals surface area contributed by atoms with Gasteiger partial charge in [-0.3, -0.25) is 4.79 Å². The Bertz CT molecular complexity index is 459. The molecule has 1 aromatic carbocycles. The Hall–Kier alpha value is -1.86. The molecule has 1 aliphatic rings. The molecule has 1 fully saturated rings. The maximum absolute atomic E-state index is 11.8. The van der Waals surface area contributed by atoms with E-state index in [1.165, 1.54) is 0 Å². The topological polar surface area (TPSA) is 62.1 Å². The van der Waals surface area contributed by atoms with Gasteiger partial charge in [-0.25, -0.2) is 0 Å². The molecule has 1 atom stereocenters. The van der Waals surface area contributed by atoms with Gasteiger partial charge in [0.05, 0.1) is 17.7 Å². The minimum atomic E-state index is -0.134. The average Bonchev–Trinajstić information content (AvgIpc) is 2.92. The largest absolute Gasteiger partial charge is 0.378 e. The van der Waals surface area contributed by atoms with Crippen molar-refractivity contribution in [3.63, 3.8) is 0 Å². The summed E-state index contributed by atoms with van der Waals surface area (Å²) in [6.45, 7) is 1.45. The maximum Gasteiger partial charge on any atom is 0.251 e. The van der Waals surface area contributed by atoms with Crippen LogP contribution in [0.25, 0.3) is 0 Å². The van der Waals surface area contributed by atoms with E-state index in [2.05, 4.69) is 5.32 Å². The monoisotopic (exact) mass is 244 g/mol. The van der Waals surface area contributed by atoms with Gasteiger partial charge in [0.2, 0.25) is 0 Å². The highest BCUT2D eigenvalue weighted by atomic mass is 16.5. The average molecular weight is 244 g/mol. The quantitative estimate of drug-likeness (QED) is 0.879. The minimum absolute atomic E-state index is 0.134. The molecule has 0 aliphatic carbocycles. The highest BCUT2D eigenvalue weighted by Gasteiger charge is 2.15. The molecule has 0 spiro atoms. The van der Waals surface area contributed by atoms with E-state index >= 15 is 0 Å².